The number of carbonyl (C=O) groups is 1. The van der Waals surface area contributed by atoms with Gasteiger partial charge in [-0.3, -0.25) is 9.69 Å². The highest BCUT2D eigenvalue weighted by Crippen LogP contribution is 2.29. The molecule has 152 valence electrons. The number of hydrogen-bond donors (Lipinski definition) is 1. The normalized spacial score (nSPS) is 16.7. The number of rotatable bonds is 6. The monoisotopic (exact) mass is 395 g/mol. The molecule has 6 nitrogen and oxygen atoms in total. The van der Waals surface area contributed by atoms with Crippen LogP contribution in [0.2, 0.25) is 0 Å². The Hall–Kier alpha value is -1.44. The van der Waals surface area contributed by atoms with E-state index in [0.29, 0.717) is 50.1 Å². The Morgan fingerprint density at radius 2 is 1.56 bits per heavy atom. The van der Waals surface area contributed by atoms with E-state index in [9.17, 15) is 13.2 Å². The van der Waals surface area contributed by atoms with E-state index in [4.69, 9.17) is 0 Å². The Bertz CT molecular complexity index is 769. The van der Waals surface area contributed by atoms with E-state index in [1.165, 1.54) is 0 Å². The fraction of sp³-hybridized carbons (Fsp3) is 0.650. The summed E-state index contributed by atoms with van der Waals surface area (Å²) >= 11 is 0. The topological polar surface area (TPSA) is 69.7 Å². The van der Waals surface area contributed by atoms with Gasteiger partial charge in [-0.25, -0.2) is 8.42 Å². The number of carbonyl (C=O) groups excluding carboxylic acids is 1. The van der Waals surface area contributed by atoms with Gasteiger partial charge in [0, 0.05) is 32.7 Å². The molecular weight excluding hydrogens is 362 g/mol. The van der Waals surface area contributed by atoms with E-state index in [1.54, 1.807) is 4.31 Å². The molecule has 1 amide bonds. The average Bonchev–Trinajstić information content (AvgIpc) is 2.59. The molecule has 1 aliphatic heterocycles. The summed E-state index contributed by atoms with van der Waals surface area (Å²) in [5, 5.41) is 2.91. The van der Waals surface area contributed by atoms with Gasteiger partial charge in [0.15, 0.2) is 0 Å². The molecular formula is C20H33N3O3S. The van der Waals surface area contributed by atoms with Crippen molar-refractivity contribution in [3.63, 3.8) is 0 Å². The molecule has 7 heteroatoms. The maximum Gasteiger partial charge on any atom is 0.243 e. The van der Waals surface area contributed by atoms with Crippen LogP contribution in [-0.2, 0) is 14.8 Å². The highest BCUT2D eigenvalue weighted by atomic mass is 32.2. The maximum absolute atomic E-state index is 13.3. The number of nitrogens with one attached hydrogen (secondary N) is 1. The first-order chi connectivity index (χ1) is 12.5. The summed E-state index contributed by atoms with van der Waals surface area (Å²) in [4.78, 5) is 14.5. The van der Waals surface area contributed by atoms with Crippen molar-refractivity contribution in [1.82, 2.24) is 14.5 Å². The van der Waals surface area contributed by atoms with Crippen LogP contribution in [0.25, 0.3) is 0 Å². The van der Waals surface area contributed by atoms with Gasteiger partial charge in [0.1, 0.15) is 0 Å². The van der Waals surface area contributed by atoms with Gasteiger partial charge in [-0.15, -0.1) is 0 Å². The summed E-state index contributed by atoms with van der Waals surface area (Å²) in [6, 6.07) is 2.04. The summed E-state index contributed by atoms with van der Waals surface area (Å²) in [6.07, 6.45) is 0. The Balaban J connectivity index is 2.07. The first-order valence-corrected chi connectivity index (χ1v) is 11.0. The standard InChI is InChI=1S/C20H33N3O3S/c1-14(2)12-21-19(24)13-22-7-9-23(10-8-22)27(25,26)20-17(5)15(3)11-16(4)18(20)6/h11,14H,7-10,12-13H2,1-6H3,(H,21,24). The van der Waals surface area contributed by atoms with Crippen LogP contribution in [0.1, 0.15) is 36.1 Å². The SMILES string of the molecule is Cc1cc(C)c(C)c(S(=O)(=O)N2CCN(CC(=O)NCC(C)C)CC2)c1C. The summed E-state index contributed by atoms with van der Waals surface area (Å²) in [6.45, 7) is 14.7. The second-order valence-electron chi connectivity index (χ2n) is 7.97. The van der Waals surface area contributed by atoms with E-state index >= 15 is 0 Å². The summed E-state index contributed by atoms with van der Waals surface area (Å²) in [7, 11) is -3.54. The second kappa shape index (κ2) is 8.71. The van der Waals surface area contributed by atoms with Gasteiger partial charge < -0.3 is 5.32 Å². The van der Waals surface area contributed by atoms with Crippen LogP contribution in [0.4, 0.5) is 0 Å². The number of piperazine rings is 1. The summed E-state index contributed by atoms with van der Waals surface area (Å²) < 4.78 is 28.1. The minimum absolute atomic E-state index is 0.000931. The lowest BCUT2D eigenvalue weighted by atomic mass is 10.0. The van der Waals surface area contributed by atoms with Crippen molar-refractivity contribution in [1.29, 1.82) is 0 Å². The first-order valence-electron chi connectivity index (χ1n) is 9.60. The average molecular weight is 396 g/mol. The third-order valence-corrected chi connectivity index (χ3v) is 7.47. The molecule has 0 saturated carbocycles. The number of amides is 1. The number of hydrogen-bond acceptors (Lipinski definition) is 4. The van der Waals surface area contributed by atoms with E-state index in [0.717, 1.165) is 22.3 Å². The number of nitrogens with zero attached hydrogens (tertiary/aromatic N) is 2. The van der Waals surface area contributed by atoms with E-state index in [2.05, 4.69) is 19.2 Å². The Labute approximate surface area is 164 Å². The van der Waals surface area contributed by atoms with Gasteiger partial charge in [0.05, 0.1) is 11.4 Å². The predicted molar refractivity (Wildman–Crippen MR) is 108 cm³/mol. The van der Waals surface area contributed by atoms with Crippen LogP contribution in [-0.4, -0.2) is 62.8 Å². The molecule has 0 aromatic heterocycles. The second-order valence-corrected chi connectivity index (χ2v) is 9.84. The molecule has 0 bridgehead atoms. The number of benzene rings is 1. The lowest BCUT2D eigenvalue weighted by Crippen LogP contribution is -2.51. The van der Waals surface area contributed by atoms with Crippen molar-refractivity contribution in [3.8, 4) is 0 Å². The molecule has 2 rings (SSSR count). The largest absolute Gasteiger partial charge is 0.355 e. The van der Waals surface area contributed by atoms with Crippen molar-refractivity contribution in [3.05, 3.63) is 28.3 Å². The molecule has 1 aliphatic rings. The Morgan fingerprint density at radius 3 is 2.04 bits per heavy atom. The van der Waals surface area contributed by atoms with Crippen molar-refractivity contribution in [2.24, 2.45) is 5.92 Å². The van der Waals surface area contributed by atoms with Gasteiger partial charge in [0.2, 0.25) is 15.9 Å². The van der Waals surface area contributed by atoms with Crippen LogP contribution < -0.4 is 5.32 Å². The minimum atomic E-state index is -3.54. The van der Waals surface area contributed by atoms with E-state index in [1.807, 2.05) is 38.7 Å². The lowest BCUT2D eigenvalue weighted by molar-refractivity contribution is -0.122. The third-order valence-electron chi connectivity index (χ3n) is 5.30. The van der Waals surface area contributed by atoms with Gasteiger partial charge in [0.25, 0.3) is 0 Å². The molecule has 27 heavy (non-hydrogen) atoms. The molecule has 1 aromatic rings. The predicted octanol–water partition coefficient (Wildman–Crippen LogP) is 2.00. The minimum Gasteiger partial charge on any atom is -0.355 e. The fourth-order valence-electron chi connectivity index (χ4n) is 3.40. The van der Waals surface area contributed by atoms with Gasteiger partial charge in [-0.05, 0) is 55.9 Å². The van der Waals surface area contributed by atoms with Crippen LogP contribution in [0.5, 0.6) is 0 Å². The quantitative estimate of drug-likeness (QED) is 0.800. The van der Waals surface area contributed by atoms with Crippen LogP contribution in [0.15, 0.2) is 11.0 Å². The zero-order valence-electron chi connectivity index (χ0n) is 17.4. The molecule has 0 radical (unpaired) electrons. The van der Waals surface area contributed by atoms with Crippen LogP contribution >= 0.6 is 0 Å². The smallest absolute Gasteiger partial charge is 0.243 e. The molecule has 0 unspecified atom stereocenters. The molecule has 1 N–H and O–H groups in total. The first kappa shape index (κ1) is 21.9. The zero-order chi connectivity index (χ0) is 20.4. The maximum atomic E-state index is 13.3. The molecule has 1 heterocycles. The molecule has 1 fully saturated rings. The van der Waals surface area contributed by atoms with Crippen LogP contribution in [0, 0.1) is 33.6 Å². The van der Waals surface area contributed by atoms with Gasteiger partial charge in [-0.1, -0.05) is 19.9 Å². The van der Waals surface area contributed by atoms with Crippen molar-refractivity contribution in [2.75, 3.05) is 39.3 Å². The molecule has 0 atom stereocenters. The zero-order valence-corrected chi connectivity index (χ0v) is 18.2. The van der Waals surface area contributed by atoms with Gasteiger partial charge in [-0.2, -0.15) is 4.31 Å². The lowest BCUT2D eigenvalue weighted by Gasteiger charge is -2.34. The molecule has 0 spiro atoms. The number of aryl methyl sites for hydroxylation is 2. The third kappa shape index (κ3) is 5.09. The summed E-state index contributed by atoms with van der Waals surface area (Å²) in [5.74, 6) is 0.418. The summed E-state index contributed by atoms with van der Waals surface area (Å²) in [5.41, 5.74) is 3.65. The van der Waals surface area contributed by atoms with Gasteiger partial charge >= 0.3 is 0 Å². The highest BCUT2D eigenvalue weighted by molar-refractivity contribution is 7.89. The van der Waals surface area contributed by atoms with Crippen LogP contribution in [0.3, 0.4) is 0 Å². The van der Waals surface area contributed by atoms with Crippen molar-refractivity contribution >= 4 is 15.9 Å². The molecule has 1 aromatic carbocycles. The van der Waals surface area contributed by atoms with E-state index < -0.39 is 10.0 Å². The molecule has 0 aliphatic carbocycles. The fourth-order valence-corrected chi connectivity index (χ4v) is 5.40. The van der Waals surface area contributed by atoms with E-state index in [-0.39, 0.29) is 5.91 Å². The Morgan fingerprint density at radius 1 is 1.04 bits per heavy atom. The Kier molecular flexibility index (Phi) is 7.05. The number of sulfonamides is 1. The molecule has 1 saturated heterocycles. The van der Waals surface area contributed by atoms with Crippen molar-refractivity contribution in [2.45, 2.75) is 46.4 Å². The highest BCUT2D eigenvalue weighted by Gasteiger charge is 2.32. The van der Waals surface area contributed by atoms with Crippen molar-refractivity contribution < 1.29 is 13.2 Å².